The highest BCUT2D eigenvalue weighted by Gasteiger charge is 2.48. The molecule has 1 aliphatic heterocycles. The Balaban J connectivity index is 3.20. The Bertz CT molecular complexity index is 939. The van der Waals surface area contributed by atoms with E-state index in [1.807, 2.05) is 13.8 Å². The maximum absolute atomic E-state index is 14.0. The number of likely N-dealkylation sites (tertiary alicyclic amines) is 1. The van der Waals surface area contributed by atoms with E-state index in [-0.39, 0.29) is 37.7 Å². The lowest BCUT2D eigenvalue weighted by molar-refractivity contribution is -0.145. The third kappa shape index (κ3) is 13.3. The van der Waals surface area contributed by atoms with E-state index in [1.54, 1.807) is 0 Å². The average molecular weight is 605 g/mol. The Labute approximate surface area is 245 Å². The molecule has 4 amide bonds. The van der Waals surface area contributed by atoms with Crippen molar-refractivity contribution in [2.75, 3.05) is 19.6 Å². The molecule has 1 saturated heterocycles. The van der Waals surface area contributed by atoms with Gasteiger partial charge in [0.05, 0.1) is 5.94 Å². The fraction of sp³-hybridized carbons (Fsp3) is 0.800. The lowest BCUT2D eigenvalue weighted by Crippen LogP contribution is -2.62. The van der Waals surface area contributed by atoms with Crippen LogP contribution in [0.15, 0.2) is 4.99 Å². The summed E-state index contributed by atoms with van der Waals surface area (Å²) in [6.07, 6.45) is 0.272. The zero-order chi connectivity index (χ0) is 32.0. The highest BCUT2D eigenvalue weighted by molar-refractivity contribution is 6.43. The Morgan fingerprint density at radius 1 is 1.00 bits per heavy atom. The molecule has 1 aliphatic rings. The number of aliphatic imine (C=N–C) groups is 1. The minimum Gasteiger partial charge on any atom is -0.426 e. The van der Waals surface area contributed by atoms with Gasteiger partial charge in [-0.2, -0.15) is 0 Å². The third-order valence-electron chi connectivity index (χ3n) is 6.79. The van der Waals surface area contributed by atoms with Crippen LogP contribution in [0.4, 0.5) is 8.78 Å². The van der Waals surface area contributed by atoms with E-state index < -0.39 is 80.1 Å². The van der Waals surface area contributed by atoms with Crippen LogP contribution in [-0.2, 0) is 19.2 Å². The van der Waals surface area contributed by atoms with Crippen LogP contribution in [0.2, 0.25) is 0 Å². The number of amides is 4. The zero-order valence-corrected chi connectivity index (χ0v) is 24.7. The van der Waals surface area contributed by atoms with Gasteiger partial charge >= 0.3 is 7.12 Å². The van der Waals surface area contributed by atoms with Crippen molar-refractivity contribution in [3.8, 4) is 0 Å². The number of carbonyl (C=O) groups is 4. The second-order valence-electron chi connectivity index (χ2n) is 11.1. The first kappa shape index (κ1) is 37.0. The number of unbranched alkanes of at least 4 members (excludes halogenated alkanes) is 1. The van der Waals surface area contributed by atoms with Crippen molar-refractivity contribution in [3.63, 3.8) is 0 Å². The first-order valence-corrected chi connectivity index (χ1v) is 14.3. The number of hydrogen-bond acceptors (Lipinski definition) is 8. The molecule has 1 unspecified atom stereocenters. The second kappa shape index (κ2) is 17.8. The van der Waals surface area contributed by atoms with Gasteiger partial charge in [-0.1, -0.05) is 13.8 Å². The van der Waals surface area contributed by atoms with Crippen LogP contribution in [0, 0.1) is 5.92 Å². The molecule has 1 fully saturated rings. The maximum atomic E-state index is 14.0. The van der Waals surface area contributed by atoms with Crippen molar-refractivity contribution in [1.82, 2.24) is 20.9 Å². The van der Waals surface area contributed by atoms with Crippen LogP contribution in [0.5, 0.6) is 0 Å². The van der Waals surface area contributed by atoms with Gasteiger partial charge in [0, 0.05) is 32.9 Å². The summed E-state index contributed by atoms with van der Waals surface area (Å²) >= 11 is 0. The van der Waals surface area contributed by atoms with Gasteiger partial charge in [0.15, 0.2) is 5.96 Å². The number of hydrogen-bond donors (Lipinski definition) is 8. The fourth-order valence-corrected chi connectivity index (χ4v) is 4.72. The number of nitrogens with zero attached hydrogens (tertiary/aromatic N) is 2. The highest BCUT2D eigenvalue weighted by atomic mass is 19.3. The van der Waals surface area contributed by atoms with E-state index in [9.17, 15) is 38.0 Å². The van der Waals surface area contributed by atoms with Crippen molar-refractivity contribution < 1.29 is 38.0 Å². The van der Waals surface area contributed by atoms with Gasteiger partial charge in [0.2, 0.25) is 23.6 Å². The molecule has 0 aromatic rings. The number of nitrogens with one attached hydrogen (secondary N) is 3. The lowest BCUT2D eigenvalue weighted by Gasteiger charge is -2.40. The van der Waals surface area contributed by atoms with E-state index in [4.69, 9.17) is 17.2 Å². The predicted molar refractivity (Wildman–Crippen MR) is 154 cm³/mol. The van der Waals surface area contributed by atoms with Crippen LogP contribution in [0.25, 0.3) is 0 Å². The monoisotopic (exact) mass is 604 g/mol. The first-order chi connectivity index (χ1) is 19.6. The summed E-state index contributed by atoms with van der Waals surface area (Å²) in [6, 6.07) is -3.27. The van der Waals surface area contributed by atoms with Gasteiger partial charge in [-0.3, -0.25) is 24.2 Å². The molecular weight excluding hydrogens is 557 g/mol. The smallest absolute Gasteiger partial charge is 0.426 e. The van der Waals surface area contributed by atoms with Gasteiger partial charge in [0.1, 0.15) is 18.1 Å². The summed E-state index contributed by atoms with van der Waals surface area (Å²) < 4.78 is 28.1. The molecule has 4 atom stereocenters. The summed E-state index contributed by atoms with van der Waals surface area (Å²) in [7, 11) is -2.23. The van der Waals surface area contributed by atoms with Crippen LogP contribution in [-0.4, -0.2) is 101 Å². The summed E-state index contributed by atoms with van der Waals surface area (Å²) in [6.45, 7) is 5.00. The molecular formula is C25H47BF2N8O6. The van der Waals surface area contributed by atoms with Gasteiger partial charge in [-0.05, 0) is 51.0 Å². The molecule has 0 radical (unpaired) electrons. The largest absolute Gasteiger partial charge is 0.475 e. The summed E-state index contributed by atoms with van der Waals surface area (Å²) in [4.78, 5) is 56.6. The predicted octanol–water partition coefficient (Wildman–Crippen LogP) is -1.67. The summed E-state index contributed by atoms with van der Waals surface area (Å²) in [5.41, 5.74) is 16.2. The zero-order valence-electron chi connectivity index (χ0n) is 24.7. The molecule has 1 rings (SSSR count). The minimum atomic E-state index is -3.20. The average Bonchev–Trinajstić information content (AvgIpc) is 2.87. The second-order valence-corrected chi connectivity index (χ2v) is 11.1. The van der Waals surface area contributed by atoms with E-state index in [0.29, 0.717) is 25.8 Å². The number of carbonyl (C=O) groups excluding carboxylic acids is 4. The molecule has 0 bridgehead atoms. The molecule has 14 nitrogen and oxygen atoms in total. The number of alkyl halides is 2. The van der Waals surface area contributed by atoms with Gasteiger partial charge in [-0.15, -0.1) is 0 Å². The molecule has 0 aromatic heterocycles. The van der Waals surface area contributed by atoms with Crippen molar-refractivity contribution >= 4 is 36.7 Å². The Morgan fingerprint density at radius 3 is 2.14 bits per heavy atom. The Morgan fingerprint density at radius 2 is 1.60 bits per heavy atom. The SMILES string of the molecule is CC(=O)N[C@@H](CCCCN)C(=O)N[C@@H](CC(C)C)C(=O)N[C@@H](CCCN=C(N)N)C(=O)N1CCC(F)(F)CC1B(O)O. The van der Waals surface area contributed by atoms with Crippen LogP contribution < -0.4 is 33.2 Å². The number of rotatable bonds is 17. The van der Waals surface area contributed by atoms with Crippen molar-refractivity contribution in [1.29, 1.82) is 0 Å². The van der Waals surface area contributed by atoms with Crippen molar-refractivity contribution in [3.05, 3.63) is 0 Å². The first-order valence-electron chi connectivity index (χ1n) is 14.3. The quantitative estimate of drug-likeness (QED) is 0.0409. The normalized spacial score (nSPS) is 18.4. The number of guanidine groups is 1. The molecule has 17 heteroatoms. The summed E-state index contributed by atoms with van der Waals surface area (Å²) in [5.74, 6) is -7.52. The molecule has 0 spiro atoms. The van der Waals surface area contributed by atoms with Gasteiger partial charge in [-0.25, -0.2) is 8.78 Å². The third-order valence-corrected chi connectivity index (χ3v) is 6.79. The molecule has 0 aromatic carbocycles. The Kier molecular flexibility index (Phi) is 15.7. The standard InChI is InChI=1S/C25H47BF2N8O6/c1-15(2)13-19(35-21(38)17(33-16(3)37)7-4-5-10-29)22(39)34-18(8-6-11-32-24(30)31)23(40)36-12-9-25(27,28)14-20(36)26(41)42/h15,17-20,41-42H,4-14,29H2,1-3H3,(H,33,37)(H,34,39)(H,35,38)(H4,30,31,32)/t17-,18-,19-,20?/m0/s1. The van der Waals surface area contributed by atoms with Crippen LogP contribution in [0.3, 0.4) is 0 Å². The molecule has 0 aliphatic carbocycles. The van der Waals surface area contributed by atoms with E-state index in [1.165, 1.54) is 6.92 Å². The lowest BCUT2D eigenvalue weighted by atomic mass is 9.72. The fourth-order valence-electron chi connectivity index (χ4n) is 4.72. The minimum absolute atomic E-state index is 0.00155. The molecule has 240 valence electrons. The van der Waals surface area contributed by atoms with E-state index in [0.717, 1.165) is 4.90 Å². The van der Waals surface area contributed by atoms with Gasteiger partial charge in [0.25, 0.3) is 5.92 Å². The molecule has 42 heavy (non-hydrogen) atoms. The number of halogens is 2. The van der Waals surface area contributed by atoms with E-state index in [2.05, 4.69) is 20.9 Å². The van der Waals surface area contributed by atoms with E-state index >= 15 is 0 Å². The molecule has 1 heterocycles. The van der Waals surface area contributed by atoms with Crippen molar-refractivity contribution in [2.45, 2.75) is 102 Å². The van der Waals surface area contributed by atoms with Crippen LogP contribution >= 0.6 is 0 Å². The summed E-state index contributed by atoms with van der Waals surface area (Å²) in [5, 5.41) is 27.4. The molecule has 11 N–H and O–H groups in total. The number of nitrogens with two attached hydrogens (primary N) is 3. The number of piperidine rings is 1. The van der Waals surface area contributed by atoms with Crippen LogP contribution in [0.1, 0.15) is 72.1 Å². The van der Waals surface area contributed by atoms with Crippen molar-refractivity contribution in [2.24, 2.45) is 28.1 Å². The molecule has 0 saturated carbocycles. The maximum Gasteiger partial charge on any atom is 0.475 e. The van der Waals surface area contributed by atoms with Gasteiger partial charge < -0.3 is 48.1 Å². The highest BCUT2D eigenvalue weighted by Crippen LogP contribution is 2.32. The Hall–Kier alpha value is -3.05. The topological polar surface area (TPSA) is 238 Å².